The maximum absolute atomic E-state index is 3.49. The molecule has 0 bridgehead atoms. The number of nitrogens with zero attached hydrogens (tertiary/aromatic N) is 1. The van der Waals surface area contributed by atoms with Gasteiger partial charge in [0.25, 0.3) is 0 Å². The first kappa shape index (κ1) is 14.1. The molecule has 1 saturated heterocycles. The summed E-state index contributed by atoms with van der Waals surface area (Å²) in [7, 11) is 0. The summed E-state index contributed by atoms with van der Waals surface area (Å²) in [6, 6.07) is 8.82. The van der Waals surface area contributed by atoms with Gasteiger partial charge in [-0.15, -0.1) is 0 Å². The molecule has 0 amide bonds. The molecular weight excluding hydrogens is 286 g/mol. The van der Waals surface area contributed by atoms with Crippen LogP contribution >= 0.6 is 15.9 Å². The summed E-state index contributed by atoms with van der Waals surface area (Å²) in [6.45, 7) is 8.48. The molecule has 0 radical (unpaired) electrons. The minimum atomic E-state index is 0.799. The fraction of sp³-hybridized carbons (Fsp3) is 0.625. The van der Waals surface area contributed by atoms with E-state index in [9.17, 15) is 0 Å². The average Bonchev–Trinajstić information content (AvgIpc) is 2.34. The molecule has 18 heavy (non-hydrogen) atoms. The predicted molar refractivity (Wildman–Crippen MR) is 81.8 cm³/mol. The number of likely N-dealkylation sites (tertiary alicyclic amines) is 1. The lowest BCUT2D eigenvalue weighted by Gasteiger charge is -2.33. The first-order chi connectivity index (χ1) is 8.63. The second-order valence-electron chi connectivity index (χ2n) is 5.97. The number of benzene rings is 1. The van der Waals surface area contributed by atoms with E-state index < -0.39 is 0 Å². The molecule has 0 N–H and O–H groups in total. The highest BCUT2D eigenvalue weighted by molar-refractivity contribution is 9.10. The van der Waals surface area contributed by atoms with Crippen molar-refractivity contribution in [1.82, 2.24) is 4.90 Å². The molecular formula is C16H24BrN. The van der Waals surface area contributed by atoms with Crippen molar-refractivity contribution in [2.75, 3.05) is 19.6 Å². The van der Waals surface area contributed by atoms with E-state index in [1.165, 1.54) is 48.9 Å². The zero-order valence-electron chi connectivity index (χ0n) is 11.5. The number of hydrogen-bond acceptors (Lipinski definition) is 1. The van der Waals surface area contributed by atoms with Crippen LogP contribution in [0.5, 0.6) is 0 Å². The smallest absolute Gasteiger partial charge is 0.0175 e. The molecule has 0 saturated carbocycles. The van der Waals surface area contributed by atoms with E-state index in [1.54, 1.807) is 0 Å². The highest BCUT2D eigenvalue weighted by atomic mass is 79.9. The van der Waals surface area contributed by atoms with Crippen LogP contribution in [0.3, 0.4) is 0 Å². The van der Waals surface area contributed by atoms with E-state index in [-0.39, 0.29) is 0 Å². The second-order valence-corrected chi connectivity index (χ2v) is 6.88. The van der Waals surface area contributed by atoms with Gasteiger partial charge in [0.2, 0.25) is 0 Å². The van der Waals surface area contributed by atoms with Crippen molar-refractivity contribution in [1.29, 1.82) is 0 Å². The van der Waals surface area contributed by atoms with Crippen LogP contribution in [0.1, 0.15) is 32.3 Å². The van der Waals surface area contributed by atoms with E-state index in [2.05, 4.69) is 58.9 Å². The maximum atomic E-state index is 3.49. The second kappa shape index (κ2) is 6.72. The highest BCUT2D eigenvalue weighted by Gasteiger charge is 2.19. The van der Waals surface area contributed by atoms with Gasteiger partial charge < -0.3 is 4.90 Å². The largest absolute Gasteiger partial charge is 0.303 e. The van der Waals surface area contributed by atoms with Crippen LogP contribution in [0.25, 0.3) is 0 Å². The van der Waals surface area contributed by atoms with E-state index in [4.69, 9.17) is 0 Å². The minimum Gasteiger partial charge on any atom is -0.303 e. The molecule has 0 spiro atoms. The molecule has 0 aliphatic carbocycles. The first-order valence-electron chi connectivity index (χ1n) is 7.10. The van der Waals surface area contributed by atoms with Gasteiger partial charge in [-0.3, -0.25) is 0 Å². The zero-order valence-corrected chi connectivity index (χ0v) is 13.1. The lowest BCUT2D eigenvalue weighted by molar-refractivity contribution is 0.167. The summed E-state index contributed by atoms with van der Waals surface area (Å²) in [5, 5.41) is 0. The summed E-state index contributed by atoms with van der Waals surface area (Å²) in [5.74, 6) is 1.68. The molecule has 0 atom stereocenters. The molecule has 1 aromatic rings. The maximum Gasteiger partial charge on any atom is 0.0175 e. The van der Waals surface area contributed by atoms with Gasteiger partial charge >= 0.3 is 0 Å². The molecule has 0 aromatic heterocycles. The van der Waals surface area contributed by atoms with Crippen LogP contribution in [0.4, 0.5) is 0 Å². The number of hydrogen-bond donors (Lipinski definition) is 0. The zero-order chi connectivity index (χ0) is 13.0. The Morgan fingerprint density at radius 2 is 1.78 bits per heavy atom. The Kier molecular flexibility index (Phi) is 5.25. The molecule has 2 heteroatoms. The van der Waals surface area contributed by atoms with Crippen molar-refractivity contribution in [2.45, 2.75) is 33.1 Å². The summed E-state index contributed by atoms with van der Waals surface area (Å²) >= 11 is 3.49. The Balaban J connectivity index is 1.78. The van der Waals surface area contributed by atoms with Gasteiger partial charge in [0.1, 0.15) is 0 Å². The molecule has 100 valence electrons. The van der Waals surface area contributed by atoms with E-state index >= 15 is 0 Å². The number of piperidine rings is 1. The third kappa shape index (κ3) is 4.40. The molecule has 1 fully saturated rings. The monoisotopic (exact) mass is 309 g/mol. The number of rotatable bonds is 4. The molecule has 0 unspecified atom stereocenters. The lowest BCUT2D eigenvalue weighted by Crippen LogP contribution is -2.36. The molecule has 1 nitrogen and oxygen atoms in total. The SMILES string of the molecule is CC(C)CN1CCC(Cc2ccc(Br)cc2)CC1. The van der Waals surface area contributed by atoms with Crippen molar-refractivity contribution < 1.29 is 0 Å². The van der Waals surface area contributed by atoms with Crippen LogP contribution in [0.2, 0.25) is 0 Å². The van der Waals surface area contributed by atoms with Crippen LogP contribution in [0, 0.1) is 11.8 Å². The fourth-order valence-electron chi connectivity index (χ4n) is 2.84. The normalized spacial score (nSPS) is 18.4. The van der Waals surface area contributed by atoms with Crippen LogP contribution in [-0.4, -0.2) is 24.5 Å². The molecule has 1 aliphatic heterocycles. The summed E-state index contributed by atoms with van der Waals surface area (Å²) in [6.07, 6.45) is 3.98. The van der Waals surface area contributed by atoms with Crippen molar-refractivity contribution >= 4 is 15.9 Å². The topological polar surface area (TPSA) is 3.24 Å². The third-order valence-corrected chi connectivity index (χ3v) is 4.30. The lowest BCUT2D eigenvalue weighted by atomic mass is 9.90. The Bertz CT molecular complexity index is 350. The molecule has 1 aromatic carbocycles. The van der Waals surface area contributed by atoms with E-state index in [0.717, 1.165) is 11.8 Å². The summed E-state index contributed by atoms with van der Waals surface area (Å²) < 4.78 is 1.18. The van der Waals surface area contributed by atoms with Crippen LogP contribution in [-0.2, 0) is 6.42 Å². The minimum absolute atomic E-state index is 0.799. The van der Waals surface area contributed by atoms with Gasteiger partial charge in [-0.2, -0.15) is 0 Å². The Labute approximate surface area is 120 Å². The van der Waals surface area contributed by atoms with Crippen molar-refractivity contribution in [3.8, 4) is 0 Å². The predicted octanol–water partition coefficient (Wildman–Crippen LogP) is 4.36. The molecule has 1 aliphatic rings. The Morgan fingerprint density at radius 3 is 2.33 bits per heavy atom. The fourth-order valence-corrected chi connectivity index (χ4v) is 3.11. The van der Waals surface area contributed by atoms with Crippen molar-refractivity contribution in [3.05, 3.63) is 34.3 Å². The Hall–Kier alpha value is -0.340. The molecule has 1 heterocycles. The van der Waals surface area contributed by atoms with Gasteiger partial charge in [-0.05, 0) is 61.9 Å². The van der Waals surface area contributed by atoms with Crippen LogP contribution < -0.4 is 0 Å². The molecule has 2 rings (SSSR count). The van der Waals surface area contributed by atoms with E-state index in [1.807, 2.05) is 0 Å². The summed E-state index contributed by atoms with van der Waals surface area (Å²) in [4.78, 5) is 2.63. The number of halogens is 1. The first-order valence-corrected chi connectivity index (χ1v) is 7.89. The van der Waals surface area contributed by atoms with Crippen molar-refractivity contribution in [3.63, 3.8) is 0 Å². The summed E-state index contributed by atoms with van der Waals surface area (Å²) in [5.41, 5.74) is 1.49. The van der Waals surface area contributed by atoms with Gasteiger partial charge in [0, 0.05) is 11.0 Å². The van der Waals surface area contributed by atoms with Crippen molar-refractivity contribution in [2.24, 2.45) is 11.8 Å². The van der Waals surface area contributed by atoms with Crippen LogP contribution in [0.15, 0.2) is 28.7 Å². The van der Waals surface area contributed by atoms with Gasteiger partial charge in [-0.1, -0.05) is 41.9 Å². The standard InChI is InChI=1S/C16H24BrN/c1-13(2)12-18-9-7-15(8-10-18)11-14-3-5-16(17)6-4-14/h3-6,13,15H,7-12H2,1-2H3. The third-order valence-electron chi connectivity index (χ3n) is 3.77. The Morgan fingerprint density at radius 1 is 1.17 bits per heavy atom. The van der Waals surface area contributed by atoms with Gasteiger partial charge in [0.05, 0.1) is 0 Å². The van der Waals surface area contributed by atoms with Gasteiger partial charge in [-0.25, -0.2) is 0 Å². The van der Waals surface area contributed by atoms with E-state index in [0.29, 0.717) is 0 Å². The highest BCUT2D eigenvalue weighted by Crippen LogP contribution is 2.23. The average molecular weight is 310 g/mol. The quantitative estimate of drug-likeness (QED) is 0.799. The van der Waals surface area contributed by atoms with Gasteiger partial charge in [0.15, 0.2) is 0 Å².